The zero-order valence-electron chi connectivity index (χ0n) is 11.9. The zero-order chi connectivity index (χ0) is 13.9. The van der Waals surface area contributed by atoms with Crippen LogP contribution in [0.25, 0.3) is 11.0 Å². The minimum Gasteiger partial charge on any atom is -0.460 e. The van der Waals surface area contributed by atoms with Crippen LogP contribution in [-0.2, 0) is 26.6 Å². The molecule has 0 spiro atoms. The minimum atomic E-state index is 0.729. The third kappa shape index (κ3) is 2.60. The van der Waals surface area contributed by atoms with Gasteiger partial charge in [-0.05, 0) is 18.6 Å². The monoisotopic (exact) mass is 269 g/mol. The van der Waals surface area contributed by atoms with Crippen molar-refractivity contribution in [2.24, 2.45) is 7.05 Å². The highest BCUT2D eigenvalue weighted by Gasteiger charge is 2.06. The van der Waals surface area contributed by atoms with Crippen LogP contribution >= 0.6 is 0 Å². The maximum Gasteiger partial charge on any atom is 0.134 e. The fraction of sp³-hybridized carbons (Fsp3) is 0.312. The Bertz CT molecular complexity index is 678. The Morgan fingerprint density at radius 1 is 1.25 bits per heavy atom. The number of para-hydroxylation sites is 1. The van der Waals surface area contributed by atoms with Crippen molar-refractivity contribution in [1.29, 1.82) is 0 Å². The quantitative estimate of drug-likeness (QED) is 0.774. The fourth-order valence-corrected chi connectivity index (χ4v) is 2.47. The summed E-state index contributed by atoms with van der Waals surface area (Å²) in [7, 11) is 1.96. The van der Waals surface area contributed by atoms with Crippen LogP contribution in [-0.4, -0.2) is 9.78 Å². The SMILES string of the molecule is CCc1nn(C)cc1CNCc1cc2ccccc2o1. The number of nitrogens with one attached hydrogen (secondary N) is 1. The first kappa shape index (κ1) is 12.9. The standard InChI is InChI=1S/C16H19N3O/c1-3-15-13(11-19(2)18-15)9-17-10-14-8-12-6-4-5-7-16(12)20-14/h4-8,11,17H,3,9-10H2,1-2H3. The second kappa shape index (κ2) is 5.51. The number of hydrogen-bond donors (Lipinski definition) is 1. The van der Waals surface area contributed by atoms with Crippen LogP contribution in [0.15, 0.2) is 40.9 Å². The molecule has 1 N–H and O–H groups in total. The Morgan fingerprint density at radius 2 is 2.10 bits per heavy atom. The van der Waals surface area contributed by atoms with Crippen molar-refractivity contribution < 1.29 is 4.42 Å². The summed E-state index contributed by atoms with van der Waals surface area (Å²) in [5, 5.41) is 9.02. The van der Waals surface area contributed by atoms with E-state index in [0.29, 0.717) is 0 Å². The van der Waals surface area contributed by atoms with Gasteiger partial charge in [0.15, 0.2) is 0 Å². The summed E-state index contributed by atoms with van der Waals surface area (Å²) in [6.45, 7) is 3.67. The Kier molecular flexibility index (Phi) is 3.56. The van der Waals surface area contributed by atoms with Gasteiger partial charge in [0.1, 0.15) is 11.3 Å². The molecule has 20 heavy (non-hydrogen) atoms. The van der Waals surface area contributed by atoms with E-state index in [1.54, 1.807) is 0 Å². The Morgan fingerprint density at radius 3 is 2.90 bits per heavy atom. The van der Waals surface area contributed by atoms with E-state index in [-0.39, 0.29) is 0 Å². The maximum atomic E-state index is 5.78. The summed E-state index contributed by atoms with van der Waals surface area (Å²) >= 11 is 0. The first-order valence-corrected chi connectivity index (χ1v) is 6.96. The van der Waals surface area contributed by atoms with Gasteiger partial charge in [0.25, 0.3) is 0 Å². The van der Waals surface area contributed by atoms with E-state index < -0.39 is 0 Å². The van der Waals surface area contributed by atoms with E-state index in [0.717, 1.165) is 41.9 Å². The molecule has 0 saturated carbocycles. The van der Waals surface area contributed by atoms with Gasteiger partial charge in [0.2, 0.25) is 0 Å². The molecule has 0 saturated heterocycles. The van der Waals surface area contributed by atoms with Gasteiger partial charge in [-0.2, -0.15) is 5.10 Å². The van der Waals surface area contributed by atoms with Crippen molar-refractivity contribution in [3.05, 3.63) is 53.5 Å². The van der Waals surface area contributed by atoms with Crippen LogP contribution in [0, 0.1) is 0 Å². The van der Waals surface area contributed by atoms with Crippen molar-refractivity contribution in [2.45, 2.75) is 26.4 Å². The molecule has 2 heterocycles. The zero-order valence-corrected chi connectivity index (χ0v) is 11.9. The highest BCUT2D eigenvalue weighted by molar-refractivity contribution is 5.77. The van der Waals surface area contributed by atoms with Gasteiger partial charge >= 0.3 is 0 Å². The normalized spacial score (nSPS) is 11.3. The van der Waals surface area contributed by atoms with Gasteiger partial charge in [-0.25, -0.2) is 0 Å². The van der Waals surface area contributed by atoms with Crippen molar-refractivity contribution in [1.82, 2.24) is 15.1 Å². The largest absolute Gasteiger partial charge is 0.460 e. The van der Waals surface area contributed by atoms with Crippen molar-refractivity contribution in [3.63, 3.8) is 0 Å². The molecule has 0 aliphatic heterocycles. The van der Waals surface area contributed by atoms with Crippen molar-refractivity contribution in [2.75, 3.05) is 0 Å². The third-order valence-corrected chi connectivity index (χ3v) is 3.42. The highest BCUT2D eigenvalue weighted by Crippen LogP contribution is 2.18. The van der Waals surface area contributed by atoms with E-state index in [9.17, 15) is 0 Å². The highest BCUT2D eigenvalue weighted by atomic mass is 16.3. The summed E-state index contributed by atoms with van der Waals surface area (Å²) < 4.78 is 7.66. The lowest BCUT2D eigenvalue weighted by atomic mass is 10.2. The average molecular weight is 269 g/mol. The van der Waals surface area contributed by atoms with Gasteiger partial charge < -0.3 is 9.73 Å². The van der Waals surface area contributed by atoms with Gasteiger partial charge in [0.05, 0.1) is 12.2 Å². The molecule has 3 aromatic rings. The number of benzene rings is 1. The average Bonchev–Trinajstić information content (AvgIpc) is 3.01. The van der Waals surface area contributed by atoms with Crippen LogP contribution in [0.3, 0.4) is 0 Å². The Balaban J connectivity index is 1.64. The number of aromatic nitrogens is 2. The van der Waals surface area contributed by atoms with E-state index in [1.807, 2.05) is 29.9 Å². The second-order valence-electron chi connectivity index (χ2n) is 4.98. The van der Waals surface area contributed by atoms with E-state index in [4.69, 9.17) is 4.42 Å². The molecule has 1 aromatic carbocycles. The predicted molar refractivity (Wildman–Crippen MR) is 79.3 cm³/mol. The van der Waals surface area contributed by atoms with E-state index >= 15 is 0 Å². The first-order chi connectivity index (χ1) is 9.76. The summed E-state index contributed by atoms with van der Waals surface area (Å²) in [6, 6.07) is 10.2. The van der Waals surface area contributed by atoms with E-state index in [2.05, 4.69) is 35.7 Å². The number of hydrogen-bond acceptors (Lipinski definition) is 3. The molecule has 3 rings (SSSR count). The topological polar surface area (TPSA) is 43.0 Å². The summed E-state index contributed by atoms with van der Waals surface area (Å²) in [4.78, 5) is 0. The molecule has 4 heteroatoms. The molecule has 0 aliphatic rings. The van der Waals surface area contributed by atoms with Crippen molar-refractivity contribution in [3.8, 4) is 0 Å². The molecule has 0 atom stereocenters. The molecule has 2 aromatic heterocycles. The summed E-state index contributed by atoms with van der Waals surface area (Å²) in [5.74, 6) is 0.966. The molecular weight excluding hydrogens is 250 g/mol. The number of furan rings is 1. The molecule has 4 nitrogen and oxygen atoms in total. The number of rotatable bonds is 5. The van der Waals surface area contributed by atoms with Crippen LogP contribution in [0.5, 0.6) is 0 Å². The van der Waals surface area contributed by atoms with Gasteiger partial charge in [-0.1, -0.05) is 25.1 Å². The smallest absolute Gasteiger partial charge is 0.134 e. The molecule has 0 amide bonds. The third-order valence-electron chi connectivity index (χ3n) is 3.42. The van der Waals surface area contributed by atoms with Crippen LogP contribution in [0.1, 0.15) is 23.9 Å². The predicted octanol–water partition coefficient (Wildman–Crippen LogP) is 3.02. The Hall–Kier alpha value is -2.07. The number of aryl methyl sites for hydroxylation is 2. The van der Waals surface area contributed by atoms with Gasteiger partial charge in [0, 0.05) is 30.7 Å². The number of nitrogens with zero attached hydrogens (tertiary/aromatic N) is 2. The van der Waals surface area contributed by atoms with Gasteiger partial charge in [-0.15, -0.1) is 0 Å². The van der Waals surface area contributed by atoms with Crippen molar-refractivity contribution >= 4 is 11.0 Å². The molecule has 0 aliphatic carbocycles. The molecule has 0 radical (unpaired) electrons. The lowest BCUT2D eigenvalue weighted by Crippen LogP contribution is -2.12. The lowest BCUT2D eigenvalue weighted by molar-refractivity contribution is 0.513. The van der Waals surface area contributed by atoms with Gasteiger partial charge in [-0.3, -0.25) is 4.68 Å². The van der Waals surface area contributed by atoms with Crippen LogP contribution in [0.4, 0.5) is 0 Å². The first-order valence-electron chi connectivity index (χ1n) is 6.96. The maximum absolute atomic E-state index is 5.78. The second-order valence-corrected chi connectivity index (χ2v) is 4.98. The number of fused-ring (bicyclic) bond motifs is 1. The summed E-state index contributed by atoms with van der Waals surface area (Å²) in [5.41, 5.74) is 3.36. The van der Waals surface area contributed by atoms with Crippen LogP contribution in [0.2, 0.25) is 0 Å². The molecule has 0 fully saturated rings. The minimum absolute atomic E-state index is 0.729. The molecule has 0 bridgehead atoms. The fourth-order valence-electron chi connectivity index (χ4n) is 2.47. The Labute approximate surface area is 118 Å². The van der Waals surface area contributed by atoms with Crippen LogP contribution < -0.4 is 5.32 Å². The molecular formula is C16H19N3O. The van der Waals surface area contributed by atoms with E-state index in [1.165, 1.54) is 5.56 Å². The molecule has 104 valence electrons. The molecule has 0 unspecified atom stereocenters. The summed E-state index contributed by atoms with van der Waals surface area (Å²) in [6.07, 6.45) is 3.03. The lowest BCUT2D eigenvalue weighted by Gasteiger charge is -2.01.